The van der Waals surface area contributed by atoms with Crippen LogP contribution in [-0.4, -0.2) is 29.1 Å². The second kappa shape index (κ2) is 5.76. The van der Waals surface area contributed by atoms with Gasteiger partial charge in [-0.1, -0.05) is 28.8 Å². The smallest absolute Gasteiger partial charge is 0.329 e. The summed E-state index contributed by atoms with van der Waals surface area (Å²) in [6.45, 7) is 0.149. The molecule has 1 aromatic rings. The summed E-state index contributed by atoms with van der Waals surface area (Å²) in [7, 11) is 0. The topological polar surface area (TPSA) is 75.6 Å². The van der Waals surface area contributed by atoms with Crippen LogP contribution in [0.4, 0.5) is 0 Å². The van der Waals surface area contributed by atoms with Crippen molar-refractivity contribution in [1.29, 1.82) is 0 Å². The number of benzene rings is 1. The van der Waals surface area contributed by atoms with E-state index in [0.29, 0.717) is 24.2 Å². The molecule has 5 nitrogen and oxygen atoms in total. The van der Waals surface area contributed by atoms with E-state index in [-0.39, 0.29) is 12.5 Å². The average Bonchev–Trinajstić information content (AvgIpc) is 2.96. The normalized spacial score (nSPS) is 18.9. The molecule has 0 atom stereocenters. The van der Waals surface area contributed by atoms with E-state index < -0.39 is 11.5 Å². The molecule has 1 aliphatic carbocycles. The Bertz CT molecular complexity index is 662. The van der Waals surface area contributed by atoms with Crippen molar-refractivity contribution in [2.24, 2.45) is 0 Å². The molecule has 0 radical (unpaired) electrons. The van der Waals surface area contributed by atoms with Gasteiger partial charge in [-0.3, -0.25) is 4.79 Å². The van der Waals surface area contributed by atoms with E-state index in [1.54, 1.807) is 6.08 Å². The standard InChI is InChI=1S/C16H16BrNO4/c17-12-3-4-13-10(8-12)7-11(9-22-13)14(19)18-16(15(20)21)5-1-2-6-16/h3-4,7-8H,1-2,5-6,9H2,(H,18,19)(H,20,21). The molecule has 0 aromatic heterocycles. The van der Waals surface area contributed by atoms with Gasteiger partial charge < -0.3 is 15.2 Å². The quantitative estimate of drug-likeness (QED) is 0.863. The summed E-state index contributed by atoms with van der Waals surface area (Å²) < 4.78 is 6.47. The Balaban J connectivity index is 1.82. The summed E-state index contributed by atoms with van der Waals surface area (Å²) in [5.41, 5.74) is 0.120. The molecule has 0 saturated heterocycles. The highest BCUT2D eigenvalue weighted by Crippen LogP contribution is 2.32. The minimum absolute atomic E-state index is 0.149. The Morgan fingerprint density at radius 2 is 2.00 bits per heavy atom. The van der Waals surface area contributed by atoms with Gasteiger partial charge in [0.05, 0.1) is 5.57 Å². The van der Waals surface area contributed by atoms with Crippen LogP contribution >= 0.6 is 15.9 Å². The molecule has 2 N–H and O–H groups in total. The molecule has 0 unspecified atom stereocenters. The highest BCUT2D eigenvalue weighted by Gasteiger charge is 2.43. The number of hydrogen-bond acceptors (Lipinski definition) is 3. The maximum absolute atomic E-state index is 12.4. The number of carboxylic acid groups (broad SMARTS) is 1. The minimum Gasteiger partial charge on any atom is -0.488 e. The average molecular weight is 366 g/mol. The van der Waals surface area contributed by atoms with Crippen molar-refractivity contribution in [1.82, 2.24) is 5.32 Å². The second-order valence-corrected chi connectivity index (χ2v) is 6.60. The first-order chi connectivity index (χ1) is 10.5. The number of carbonyl (C=O) groups excluding carboxylic acids is 1. The van der Waals surface area contributed by atoms with Crippen LogP contribution in [0.3, 0.4) is 0 Å². The molecule has 22 heavy (non-hydrogen) atoms. The molecule has 1 heterocycles. The first kappa shape index (κ1) is 15.1. The first-order valence-electron chi connectivity index (χ1n) is 7.19. The molecule has 1 amide bonds. The van der Waals surface area contributed by atoms with Crippen LogP contribution in [0.25, 0.3) is 6.08 Å². The van der Waals surface area contributed by atoms with Crippen molar-refractivity contribution in [2.75, 3.05) is 6.61 Å². The van der Waals surface area contributed by atoms with Crippen molar-refractivity contribution < 1.29 is 19.4 Å². The largest absolute Gasteiger partial charge is 0.488 e. The van der Waals surface area contributed by atoms with Gasteiger partial charge in [-0.25, -0.2) is 4.79 Å². The first-order valence-corrected chi connectivity index (χ1v) is 7.98. The van der Waals surface area contributed by atoms with Crippen LogP contribution in [0.15, 0.2) is 28.2 Å². The van der Waals surface area contributed by atoms with Gasteiger partial charge in [0.1, 0.15) is 17.9 Å². The molecule has 1 aromatic carbocycles. The van der Waals surface area contributed by atoms with Gasteiger partial charge in [0, 0.05) is 10.0 Å². The predicted octanol–water partition coefficient (Wildman–Crippen LogP) is 2.74. The number of rotatable bonds is 3. The van der Waals surface area contributed by atoms with Crippen molar-refractivity contribution in [2.45, 2.75) is 31.2 Å². The number of carboxylic acids is 1. The fourth-order valence-electron chi connectivity index (χ4n) is 2.95. The van der Waals surface area contributed by atoms with Crippen LogP contribution in [-0.2, 0) is 9.59 Å². The highest BCUT2D eigenvalue weighted by molar-refractivity contribution is 9.10. The maximum Gasteiger partial charge on any atom is 0.329 e. The molecule has 116 valence electrons. The summed E-state index contributed by atoms with van der Waals surface area (Å²) in [5.74, 6) is -0.609. The molecule has 1 aliphatic heterocycles. The Labute approximate surface area is 136 Å². The van der Waals surface area contributed by atoms with Crippen LogP contribution in [0.1, 0.15) is 31.2 Å². The monoisotopic (exact) mass is 365 g/mol. The van der Waals surface area contributed by atoms with E-state index in [0.717, 1.165) is 22.9 Å². The lowest BCUT2D eigenvalue weighted by Gasteiger charge is -2.27. The molecule has 3 rings (SSSR count). The number of fused-ring (bicyclic) bond motifs is 1. The van der Waals surface area contributed by atoms with Gasteiger partial charge in [-0.2, -0.15) is 0 Å². The van der Waals surface area contributed by atoms with Crippen LogP contribution in [0.2, 0.25) is 0 Å². The molecule has 0 bridgehead atoms. The number of halogens is 1. The van der Waals surface area contributed by atoms with Crippen LogP contribution in [0, 0.1) is 0 Å². The number of amides is 1. The highest BCUT2D eigenvalue weighted by atomic mass is 79.9. The third-order valence-corrected chi connectivity index (χ3v) is 4.69. The van der Waals surface area contributed by atoms with Crippen molar-refractivity contribution in [3.63, 3.8) is 0 Å². The lowest BCUT2D eigenvalue weighted by atomic mass is 9.96. The SMILES string of the molecule is O=C(NC1(C(=O)O)CCCC1)C1=Cc2cc(Br)ccc2OC1. The predicted molar refractivity (Wildman–Crippen MR) is 84.6 cm³/mol. The molecule has 6 heteroatoms. The number of carbonyl (C=O) groups is 2. The summed E-state index contributed by atoms with van der Waals surface area (Å²) in [5, 5.41) is 12.1. The summed E-state index contributed by atoms with van der Waals surface area (Å²) >= 11 is 3.38. The Morgan fingerprint density at radius 3 is 2.68 bits per heavy atom. The van der Waals surface area contributed by atoms with Gasteiger partial charge in [-0.15, -0.1) is 0 Å². The summed E-state index contributed by atoms with van der Waals surface area (Å²) in [6.07, 6.45) is 4.34. The van der Waals surface area contributed by atoms with Gasteiger partial charge in [0.2, 0.25) is 0 Å². The van der Waals surface area contributed by atoms with E-state index in [4.69, 9.17) is 4.74 Å². The van der Waals surface area contributed by atoms with E-state index >= 15 is 0 Å². The van der Waals surface area contributed by atoms with Crippen LogP contribution in [0.5, 0.6) is 5.75 Å². The van der Waals surface area contributed by atoms with E-state index in [1.165, 1.54) is 0 Å². The Morgan fingerprint density at radius 1 is 1.27 bits per heavy atom. The molecule has 1 fully saturated rings. The number of nitrogens with one attached hydrogen (secondary N) is 1. The fraction of sp³-hybridized carbons (Fsp3) is 0.375. The molecule has 2 aliphatic rings. The van der Waals surface area contributed by atoms with Gasteiger partial charge in [-0.05, 0) is 37.1 Å². The van der Waals surface area contributed by atoms with E-state index in [9.17, 15) is 14.7 Å². The second-order valence-electron chi connectivity index (χ2n) is 5.69. The molecule has 1 saturated carbocycles. The Hall–Kier alpha value is -1.82. The molecule has 0 spiro atoms. The van der Waals surface area contributed by atoms with Crippen LogP contribution < -0.4 is 10.1 Å². The zero-order valence-electron chi connectivity index (χ0n) is 11.9. The lowest BCUT2D eigenvalue weighted by molar-refractivity contribution is -0.146. The zero-order valence-corrected chi connectivity index (χ0v) is 13.5. The van der Waals surface area contributed by atoms with Crippen molar-refractivity contribution in [3.05, 3.63) is 33.8 Å². The fourth-order valence-corrected chi connectivity index (χ4v) is 3.33. The molecular weight excluding hydrogens is 350 g/mol. The third-order valence-electron chi connectivity index (χ3n) is 4.20. The van der Waals surface area contributed by atoms with Crippen molar-refractivity contribution in [3.8, 4) is 5.75 Å². The van der Waals surface area contributed by atoms with Crippen molar-refractivity contribution >= 4 is 33.9 Å². The van der Waals surface area contributed by atoms with E-state index in [2.05, 4.69) is 21.2 Å². The van der Waals surface area contributed by atoms with E-state index in [1.807, 2.05) is 18.2 Å². The number of aliphatic carboxylic acids is 1. The lowest BCUT2D eigenvalue weighted by Crippen LogP contribution is -2.53. The number of ether oxygens (including phenoxy) is 1. The van der Waals surface area contributed by atoms with Gasteiger partial charge >= 0.3 is 5.97 Å². The summed E-state index contributed by atoms with van der Waals surface area (Å²) in [6, 6.07) is 5.57. The van der Waals surface area contributed by atoms with Gasteiger partial charge in [0.25, 0.3) is 5.91 Å². The molecular formula is C16H16BrNO4. The van der Waals surface area contributed by atoms with Gasteiger partial charge in [0.15, 0.2) is 0 Å². The maximum atomic E-state index is 12.4. The minimum atomic E-state index is -1.13. The Kier molecular flexibility index (Phi) is 3.95. The summed E-state index contributed by atoms with van der Waals surface area (Å²) in [4.78, 5) is 23.9. The zero-order chi connectivity index (χ0) is 15.7. The third kappa shape index (κ3) is 2.75. The number of hydrogen-bond donors (Lipinski definition) is 2.